The monoisotopic (exact) mass is 476 g/mol. The van der Waals surface area contributed by atoms with E-state index in [1.165, 1.54) is 17.7 Å². The highest BCUT2D eigenvalue weighted by Crippen LogP contribution is 2.35. The molecule has 1 aliphatic rings. The van der Waals surface area contributed by atoms with Crippen molar-refractivity contribution in [2.24, 2.45) is 5.92 Å². The van der Waals surface area contributed by atoms with Gasteiger partial charge >= 0.3 is 0 Å². The van der Waals surface area contributed by atoms with Gasteiger partial charge in [0.15, 0.2) is 11.6 Å². The lowest BCUT2D eigenvalue weighted by Crippen LogP contribution is -2.05. The molecule has 0 spiro atoms. The van der Waals surface area contributed by atoms with Crippen molar-refractivity contribution < 1.29 is 17.9 Å². The summed E-state index contributed by atoms with van der Waals surface area (Å²) >= 11 is 0. The lowest BCUT2D eigenvalue weighted by atomic mass is 9.84. The molecule has 1 atom stereocenters. The molecule has 1 nitrogen and oxygen atoms in total. The number of hydrogen-bond acceptors (Lipinski definition) is 1. The van der Waals surface area contributed by atoms with Gasteiger partial charge in [0.25, 0.3) is 0 Å². The van der Waals surface area contributed by atoms with Crippen molar-refractivity contribution in [3.05, 3.63) is 96.3 Å². The largest absolute Gasteiger partial charge is 0.490 e. The molecule has 0 saturated carbocycles. The van der Waals surface area contributed by atoms with E-state index in [1.807, 2.05) is 19.1 Å². The molecular weight excluding hydrogens is 445 g/mol. The first-order valence-electron chi connectivity index (χ1n) is 12.3. The molecule has 182 valence electrons. The minimum absolute atomic E-state index is 0.0905. The Labute approximate surface area is 206 Å². The molecule has 3 aromatic carbocycles. The summed E-state index contributed by atoms with van der Waals surface area (Å²) in [4.78, 5) is 0. The predicted molar refractivity (Wildman–Crippen MR) is 138 cm³/mol. The molecule has 0 bridgehead atoms. The molecule has 4 rings (SSSR count). The van der Waals surface area contributed by atoms with E-state index >= 15 is 4.39 Å². The van der Waals surface area contributed by atoms with Crippen LogP contribution in [0.3, 0.4) is 0 Å². The Morgan fingerprint density at radius 2 is 1.60 bits per heavy atom. The summed E-state index contributed by atoms with van der Waals surface area (Å²) in [5.41, 5.74) is 3.95. The van der Waals surface area contributed by atoms with E-state index in [1.54, 1.807) is 36.4 Å². The average Bonchev–Trinajstić information content (AvgIpc) is 2.89. The molecule has 0 radical (unpaired) electrons. The maximum atomic E-state index is 15.1. The Balaban J connectivity index is 1.51. The van der Waals surface area contributed by atoms with E-state index in [0.717, 1.165) is 37.7 Å². The van der Waals surface area contributed by atoms with Crippen LogP contribution in [0, 0.1) is 23.4 Å². The average molecular weight is 477 g/mol. The summed E-state index contributed by atoms with van der Waals surface area (Å²) in [6.07, 6.45) is 10.2. The first-order valence-corrected chi connectivity index (χ1v) is 12.3. The SMILES string of the molecule is C=CCCC1CC=C(c2ccc(-c3ccc(-c4ccc(OCCC)c(F)c4F)cc3)c(F)c2)CC1. The number of ether oxygens (including phenoxy) is 1. The van der Waals surface area contributed by atoms with Gasteiger partial charge in [-0.3, -0.25) is 0 Å². The fourth-order valence-electron chi connectivity index (χ4n) is 4.62. The zero-order chi connectivity index (χ0) is 24.8. The van der Waals surface area contributed by atoms with Crippen LogP contribution in [0.15, 0.2) is 73.3 Å². The van der Waals surface area contributed by atoms with Gasteiger partial charge in [0.2, 0.25) is 5.82 Å². The van der Waals surface area contributed by atoms with E-state index in [9.17, 15) is 8.78 Å². The van der Waals surface area contributed by atoms with Crippen LogP contribution in [0.5, 0.6) is 5.75 Å². The normalized spacial score (nSPS) is 15.5. The summed E-state index contributed by atoms with van der Waals surface area (Å²) < 4.78 is 49.3. The second kappa shape index (κ2) is 11.4. The van der Waals surface area contributed by atoms with Crippen molar-refractivity contribution in [2.45, 2.75) is 45.4 Å². The minimum Gasteiger partial charge on any atom is -0.490 e. The highest BCUT2D eigenvalue weighted by molar-refractivity contribution is 5.74. The summed E-state index contributed by atoms with van der Waals surface area (Å²) in [5, 5.41) is 0. The van der Waals surface area contributed by atoms with Crippen LogP contribution >= 0.6 is 0 Å². The molecule has 3 aromatic rings. The number of hydrogen-bond donors (Lipinski definition) is 0. The Morgan fingerprint density at radius 3 is 2.23 bits per heavy atom. The topological polar surface area (TPSA) is 9.23 Å². The zero-order valence-corrected chi connectivity index (χ0v) is 20.1. The number of halogens is 3. The molecule has 0 N–H and O–H groups in total. The number of rotatable bonds is 9. The van der Waals surface area contributed by atoms with Gasteiger partial charge < -0.3 is 4.74 Å². The fraction of sp³-hybridized carbons (Fsp3) is 0.290. The molecule has 4 heteroatoms. The van der Waals surface area contributed by atoms with E-state index in [4.69, 9.17) is 4.74 Å². The Bertz CT molecular complexity index is 1210. The Kier molecular flexibility index (Phi) is 8.12. The van der Waals surface area contributed by atoms with Crippen molar-refractivity contribution in [3.63, 3.8) is 0 Å². The second-order valence-electron chi connectivity index (χ2n) is 9.10. The Morgan fingerprint density at radius 1 is 0.914 bits per heavy atom. The van der Waals surface area contributed by atoms with Gasteiger partial charge in [-0.25, -0.2) is 8.78 Å². The van der Waals surface area contributed by atoms with Crippen LogP contribution < -0.4 is 4.74 Å². The smallest absolute Gasteiger partial charge is 0.201 e. The highest BCUT2D eigenvalue weighted by Gasteiger charge is 2.18. The quantitative estimate of drug-likeness (QED) is 0.280. The third kappa shape index (κ3) is 5.70. The van der Waals surface area contributed by atoms with Crippen LogP contribution in [0.25, 0.3) is 27.8 Å². The van der Waals surface area contributed by atoms with Crippen molar-refractivity contribution in [3.8, 4) is 28.0 Å². The first-order chi connectivity index (χ1) is 17.0. The van der Waals surface area contributed by atoms with Crippen molar-refractivity contribution >= 4 is 5.57 Å². The van der Waals surface area contributed by atoms with Crippen LogP contribution in [0.1, 0.15) is 51.0 Å². The fourth-order valence-corrected chi connectivity index (χ4v) is 4.62. The third-order valence-electron chi connectivity index (χ3n) is 6.65. The molecular formula is C31H31F3O. The Hall–Kier alpha value is -3.27. The summed E-state index contributed by atoms with van der Waals surface area (Å²) in [7, 11) is 0. The minimum atomic E-state index is -0.995. The second-order valence-corrected chi connectivity index (χ2v) is 9.10. The molecule has 35 heavy (non-hydrogen) atoms. The molecule has 0 aliphatic heterocycles. The van der Waals surface area contributed by atoms with E-state index in [-0.39, 0.29) is 17.1 Å². The van der Waals surface area contributed by atoms with Crippen LogP contribution in [0.4, 0.5) is 13.2 Å². The molecule has 0 aromatic heterocycles. The van der Waals surface area contributed by atoms with Gasteiger partial charge in [-0.15, -0.1) is 6.58 Å². The maximum Gasteiger partial charge on any atom is 0.201 e. The molecule has 0 fully saturated rings. The van der Waals surface area contributed by atoms with Gasteiger partial charge in [0, 0.05) is 11.1 Å². The molecule has 0 amide bonds. The van der Waals surface area contributed by atoms with Gasteiger partial charge in [0.05, 0.1) is 6.61 Å². The van der Waals surface area contributed by atoms with Gasteiger partial charge in [0.1, 0.15) is 5.82 Å². The standard InChI is InChI=1S/C31H31F3O/c1-3-5-6-21-7-9-22(10-8-21)25-15-16-26(28(32)20-25)23-11-13-24(14-12-23)27-17-18-29(35-19-4-2)31(34)30(27)33/h3,9,11-18,20-21H,1,4-8,10,19H2,2H3. The van der Waals surface area contributed by atoms with E-state index < -0.39 is 11.6 Å². The number of benzene rings is 3. The first kappa shape index (κ1) is 24.8. The molecule has 1 aliphatic carbocycles. The summed E-state index contributed by atoms with van der Waals surface area (Å²) in [6, 6.07) is 15.1. The van der Waals surface area contributed by atoms with Crippen molar-refractivity contribution in [1.82, 2.24) is 0 Å². The van der Waals surface area contributed by atoms with E-state index in [2.05, 4.69) is 12.7 Å². The predicted octanol–water partition coefficient (Wildman–Crippen LogP) is 9.38. The lowest BCUT2D eigenvalue weighted by Gasteiger charge is -2.22. The van der Waals surface area contributed by atoms with Crippen LogP contribution in [-0.2, 0) is 0 Å². The molecule has 1 unspecified atom stereocenters. The summed E-state index contributed by atoms with van der Waals surface area (Å²) in [6.45, 7) is 6.02. The van der Waals surface area contributed by atoms with Crippen LogP contribution in [-0.4, -0.2) is 6.61 Å². The van der Waals surface area contributed by atoms with Crippen molar-refractivity contribution in [1.29, 1.82) is 0 Å². The third-order valence-corrected chi connectivity index (χ3v) is 6.65. The van der Waals surface area contributed by atoms with Crippen molar-refractivity contribution in [2.75, 3.05) is 6.61 Å². The van der Waals surface area contributed by atoms with E-state index in [0.29, 0.717) is 35.6 Å². The molecule has 0 saturated heterocycles. The highest BCUT2D eigenvalue weighted by atomic mass is 19.2. The summed E-state index contributed by atoms with van der Waals surface area (Å²) in [5.74, 6) is -1.65. The van der Waals surface area contributed by atoms with Gasteiger partial charge in [-0.2, -0.15) is 4.39 Å². The maximum absolute atomic E-state index is 15.1. The zero-order valence-electron chi connectivity index (χ0n) is 20.1. The molecule has 0 heterocycles. The van der Waals surface area contributed by atoms with Gasteiger partial charge in [-0.05, 0) is 84.9 Å². The van der Waals surface area contributed by atoms with Crippen LogP contribution in [0.2, 0.25) is 0 Å². The number of allylic oxidation sites excluding steroid dienone is 3. The van der Waals surface area contributed by atoms with Gasteiger partial charge in [-0.1, -0.05) is 55.5 Å². The lowest BCUT2D eigenvalue weighted by molar-refractivity contribution is 0.295.